The van der Waals surface area contributed by atoms with E-state index in [9.17, 15) is 4.79 Å². The third kappa shape index (κ3) is 2.65. The van der Waals surface area contributed by atoms with Gasteiger partial charge in [-0.05, 0) is 24.6 Å². The van der Waals surface area contributed by atoms with Crippen LogP contribution in [0.5, 0.6) is 0 Å². The molecule has 0 bridgehead atoms. The number of fused-ring (bicyclic) bond motifs is 1. The number of nitrogens with one attached hydrogen (secondary N) is 1. The van der Waals surface area contributed by atoms with Gasteiger partial charge in [-0.2, -0.15) is 0 Å². The van der Waals surface area contributed by atoms with Crippen LogP contribution in [0.15, 0.2) is 47.3 Å². The van der Waals surface area contributed by atoms with E-state index in [0.717, 1.165) is 27.9 Å². The van der Waals surface area contributed by atoms with E-state index in [4.69, 9.17) is 9.47 Å². The van der Waals surface area contributed by atoms with Gasteiger partial charge in [-0.15, -0.1) is 0 Å². The van der Waals surface area contributed by atoms with Crippen molar-refractivity contribution in [3.63, 3.8) is 0 Å². The number of rotatable bonds is 2. The summed E-state index contributed by atoms with van der Waals surface area (Å²) in [5.41, 5.74) is 4.94. The Morgan fingerprint density at radius 1 is 1.13 bits per heavy atom. The fraction of sp³-hybridized carbons (Fsp3) is 0.222. The van der Waals surface area contributed by atoms with E-state index in [1.807, 2.05) is 43.3 Å². The summed E-state index contributed by atoms with van der Waals surface area (Å²) < 4.78 is 11.0. The molecule has 1 fully saturated rings. The number of aromatic amines is 1. The first kappa shape index (κ1) is 14.1. The van der Waals surface area contributed by atoms with Gasteiger partial charge in [-0.1, -0.05) is 29.8 Å². The van der Waals surface area contributed by atoms with E-state index in [-0.39, 0.29) is 5.56 Å². The molecule has 3 aromatic rings. The van der Waals surface area contributed by atoms with Crippen LogP contribution >= 0.6 is 0 Å². The van der Waals surface area contributed by atoms with Gasteiger partial charge in [-0.25, -0.2) is 4.98 Å². The lowest BCUT2D eigenvalue weighted by molar-refractivity contribution is -0.0470. The van der Waals surface area contributed by atoms with Gasteiger partial charge in [-0.3, -0.25) is 4.79 Å². The topological polar surface area (TPSA) is 64.2 Å². The number of aromatic nitrogens is 2. The number of hydrogen-bond acceptors (Lipinski definition) is 4. The number of H-pyrrole nitrogens is 1. The molecule has 116 valence electrons. The highest BCUT2D eigenvalue weighted by molar-refractivity contribution is 5.91. The average Bonchev–Trinajstić information content (AvgIpc) is 3.08. The number of ether oxygens (including phenoxy) is 2. The average molecular weight is 308 g/mol. The highest BCUT2D eigenvalue weighted by Crippen LogP contribution is 2.28. The van der Waals surface area contributed by atoms with Crippen molar-refractivity contribution in [2.45, 2.75) is 13.2 Å². The fourth-order valence-corrected chi connectivity index (χ4v) is 2.84. The Hall–Kier alpha value is -2.50. The second-order valence-corrected chi connectivity index (χ2v) is 5.62. The first-order valence-electron chi connectivity index (χ1n) is 7.55. The summed E-state index contributed by atoms with van der Waals surface area (Å²) in [6.07, 6.45) is -0.434. The van der Waals surface area contributed by atoms with E-state index < -0.39 is 6.29 Å². The largest absolute Gasteiger partial charge is 0.345 e. The molecule has 5 heteroatoms. The number of benzene rings is 1. The summed E-state index contributed by atoms with van der Waals surface area (Å²) in [5.74, 6) is 0. The summed E-state index contributed by atoms with van der Waals surface area (Å²) >= 11 is 0. The van der Waals surface area contributed by atoms with E-state index >= 15 is 0 Å². The molecule has 0 radical (unpaired) electrons. The van der Waals surface area contributed by atoms with E-state index in [0.29, 0.717) is 18.7 Å². The quantitative estimate of drug-likeness (QED) is 0.790. The van der Waals surface area contributed by atoms with Crippen LogP contribution in [-0.2, 0) is 9.47 Å². The number of hydrogen-bond donors (Lipinski definition) is 1. The Labute approximate surface area is 132 Å². The van der Waals surface area contributed by atoms with Crippen molar-refractivity contribution < 1.29 is 9.47 Å². The minimum atomic E-state index is -0.434. The standard InChI is InChI=1S/C18H16N2O3/c1-11-3-2-4-12(9-11)13-10-16(21)19-14-5-6-15(20-17(13)14)18-22-7-8-23-18/h2-6,9-10,18H,7-8H2,1H3,(H,19,21). The number of nitrogens with zero attached hydrogens (tertiary/aromatic N) is 1. The van der Waals surface area contributed by atoms with Gasteiger partial charge in [0.2, 0.25) is 11.8 Å². The molecule has 2 aromatic heterocycles. The van der Waals surface area contributed by atoms with Crippen LogP contribution in [0.25, 0.3) is 22.2 Å². The van der Waals surface area contributed by atoms with Crippen LogP contribution in [0.2, 0.25) is 0 Å². The Morgan fingerprint density at radius 2 is 1.96 bits per heavy atom. The molecule has 0 unspecified atom stereocenters. The zero-order valence-electron chi connectivity index (χ0n) is 12.7. The van der Waals surface area contributed by atoms with Crippen molar-refractivity contribution >= 4 is 11.0 Å². The molecule has 1 N–H and O–H groups in total. The van der Waals surface area contributed by atoms with Crippen LogP contribution in [-0.4, -0.2) is 23.2 Å². The Balaban J connectivity index is 1.94. The second kappa shape index (κ2) is 5.61. The van der Waals surface area contributed by atoms with Crippen molar-refractivity contribution in [1.29, 1.82) is 0 Å². The van der Waals surface area contributed by atoms with E-state index in [1.165, 1.54) is 0 Å². The van der Waals surface area contributed by atoms with Crippen LogP contribution in [0, 0.1) is 6.92 Å². The smallest absolute Gasteiger partial charge is 0.249 e. The highest BCUT2D eigenvalue weighted by Gasteiger charge is 2.20. The van der Waals surface area contributed by atoms with Gasteiger partial charge < -0.3 is 14.5 Å². The van der Waals surface area contributed by atoms with Crippen molar-refractivity contribution in [3.8, 4) is 11.1 Å². The molecule has 0 saturated carbocycles. The maximum Gasteiger partial charge on any atom is 0.249 e. The van der Waals surface area contributed by atoms with Crippen LogP contribution in [0.1, 0.15) is 17.5 Å². The van der Waals surface area contributed by atoms with E-state index in [1.54, 1.807) is 6.07 Å². The lowest BCUT2D eigenvalue weighted by atomic mass is 10.0. The van der Waals surface area contributed by atoms with Crippen molar-refractivity contribution in [3.05, 3.63) is 64.1 Å². The molecule has 0 spiro atoms. The molecule has 5 nitrogen and oxygen atoms in total. The van der Waals surface area contributed by atoms with Crippen molar-refractivity contribution in [1.82, 2.24) is 9.97 Å². The van der Waals surface area contributed by atoms with Gasteiger partial charge in [0.15, 0.2) is 0 Å². The number of aryl methyl sites for hydroxylation is 1. The molecule has 0 atom stereocenters. The molecule has 23 heavy (non-hydrogen) atoms. The third-order valence-corrected chi connectivity index (χ3v) is 3.90. The summed E-state index contributed by atoms with van der Waals surface area (Å²) in [4.78, 5) is 19.5. The van der Waals surface area contributed by atoms with Gasteiger partial charge in [0, 0.05) is 11.6 Å². The summed E-state index contributed by atoms with van der Waals surface area (Å²) in [6.45, 7) is 3.17. The van der Waals surface area contributed by atoms with Gasteiger partial charge in [0.05, 0.1) is 29.9 Å². The lowest BCUT2D eigenvalue weighted by Crippen LogP contribution is -2.08. The molecule has 3 heterocycles. The molecular weight excluding hydrogens is 292 g/mol. The van der Waals surface area contributed by atoms with Gasteiger partial charge in [0.1, 0.15) is 0 Å². The normalized spacial score (nSPS) is 15.3. The first-order valence-corrected chi connectivity index (χ1v) is 7.55. The zero-order chi connectivity index (χ0) is 15.8. The summed E-state index contributed by atoms with van der Waals surface area (Å²) in [7, 11) is 0. The SMILES string of the molecule is Cc1cccc(-c2cc(=O)[nH]c3ccc(C4OCCO4)nc23)c1. The Bertz CT molecular complexity index is 927. The zero-order valence-corrected chi connectivity index (χ0v) is 12.7. The summed E-state index contributed by atoms with van der Waals surface area (Å²) in [5, 5.41) is 0. The minimum Gasteiger partial charge on any atom is -0.345 e. The van der Waals surface area contributed by atoms with Crippen LogP contribution < -0.4 is 5.56 Å². The number of pyridine rings is 2. The lowest BCUT2D eigenvalue weighted by Gasteiger charge is -2.11. The highest BCUT2D eigenvalue weighted by atomic mass is 16.7. The maximum absolute atomic E-state index is 12.0. The molecular formula is C18H16N2O3. The summed E-state index contributed by atoms with van der Waals surface area (Å²) in [6, 6.07) is 13.3. The molecule has 0 amide bonds. The monoisotopic (exact) mass is 308 g/mol. The predicted octanol–water partition coefficient (Wildman–Crippen LogP) is 2.94. The molecule has 1 aliphatic rings. The minimum absolute atomic E-state index is 0.142. The molecule has 0 aliphatic carbocycles. The molecule has 1 aromatic carbocycles. The van der Waals surface area contributed by atoms with Crippen molar-refractivity contribution in [2.75, 3.05) is 13.2 Å². The van der Waals surface area contributed by atoms with Gasteiger partial charge >= 0.3 is 0 Å². The Kier molecular flexibility index (Phi) is 3.44. The predicted molar refractivity (Wildman–Crippen MR) is 87.2 cm³/mol. The second-order valence-electron chi connectivity index (χ2n) is 5.62. The molecule has 4 rings (SSSR count). The van der Waals surface area contributed by atoms with Crippen LogP contribution in [0.4, 0.5) is 0 Å². The maximum atomic E-state index is 12.0. The van der Waals surface area contributed by atoms with Gasteiger partial charge in [0.25, 0.3) is 0 Å². The molecule has 1 saturated heterocycles. The van der Waals surface area contributed by atoms with Crippen molar-refractivity contribution in [2.24, 2.45) is 0 Å². The fourth-order valence-electron chi connectivity index (χ4n) is 2.84. The van der Waals surface area contributed by atoms with Crippen LogP contribution in [0.3, 0.4) is 0 Å². The third-order valence-electron chi connectivity index (χ3n) is 3.90. The Morgan fingerprint density at radius 3 is 2.74 bits per heavy atom. The first-order chi connectivity index (χ1) is 11.2. The molecule has 1 aliphatic heterocycles. The van der Waals surface area contributed by atoms with E-state index in [2.05, 4.69) is 9.97 Å².